The SMILES string of the molecule is CCOC(=O)C1=C(CN2CCn3cccc3C2C)NC(=O)NC1CC. The molecule has 3 heterocycles. The average molecular weight is 346 g/mol. The molecule has 0 saturated carbocycles. The Morgan fingerprint density at radius 2 is 2.16 bits per heavy atom. The fourth-order valence-electron chi connectivity index (χ4n) is 3.63. The van der Waals surface area contributed by atoms with Gasteiger partial charge in [-0.05, 0) is 32.4 Å². The summed E-state index contributed by atoms with van der Waals surface area (Å²) >= 11 is 0. The number of carbonyl (C=O) groups excluding carboxylic acids is 2. The number of nitrogens with one attached hydrogen (secondary N) is 2. The normalized spacial score (nSPS) is 23.7. The lowest BCUT2D eigenvalue weighted by atomic mass is 9.99. The smallest absolute Gasteiger partial charge is 0.337 e. The van der Waals surface area contributed by atoms with Gasteiger partial charge in [-0.1, -0.05) is 6.92 Å². The minimum atomic E-state index is -0.357. The van der Waals surface area contributed by atoms with Crippen LogP contribution in [-0.2, 0) is 16.1 Å². The lowest BCUT2D eigenvalue weighted by molar-refractivity contribution is -0.139. The molecule has 0 bridgehead atoms. The topological polar surface area (TPSA) is 75.6 Å². The Kier molecular flexibility index (Phi) is 5.13. The van der Waals surface area contributed by atoms with Crippen molar-refractivity contribution in [2.45, 2.75) is 45.8 Å². The predicted molar refractivity (Wildman–Crippen MR) is 93.8 cm³/mol. The van der Waals surface area contributed by atoms with E-state index in [1.807, 2.05) is 6.92 Å². The van der Waals surface area contributed by atoms with E-state index in [1.54, 1.807) is 6.92 Å². The van der Waals surface area contributed by atoms with Gasteiger partial charge in [-0.25, -0.2) is 9.59 Å². The Balaban J connectivity index is 1.88. The Hall–Kier alpha value is -2.28. The molecule has 2 aliphatic heterocycles. The molecule has 1 aromatic heterocycles. The molecular weight excluding hydrogens is 320 g/mol. The van der Waals surface area contributed by atoms with Gasteiger partial charge in [0.15, 0.2) is 0 Å². The standard InChI is InChI=1S/C18H26N4O3/c1-4-13-16(17(23)25-5-2)14(20-18(24)19-13)11-22-10-9-21-8-6-7-15(21)12(22)3/h6-8,12-13H,4-5,9-11H2,1-3H3,(H2,19,20,24). The fourth-order valence-corrected chi connectivity index (χ4v) is 3.63. The van der Waals surface area contributed by atoms with Crippen molar-refractivity contribution in [3.8, 4) is 0 Å². The summed E-state index contributed by atoms with van der Waals surface area (Å²) in [5.41, 5.74) is 2.44. The van der Waals surface area contributed by atoms with Crippen molar-refractivity contribution < 1.29 is 14.3 Å². The van der Waals surface area contributed by atoms with Crippen molar-refractivity contribution in [3.05, 3.63) is 35.3 Å². The van der Waals surface area contributed by atoms with Crippen LogP contribution in [0.2, 0.25) is 0 Å². The molecule has 7 heteroatoms. The second-order valence-electron chi connectivity index (χ2n) is 6.44. The number of aromatic nitrogens is 1. The lowest BCUT2D eigenvalue weighted by Gasteiger charge is -2.37. The Labute approximate surface area is 148 Å². The van der Waals surface area contributed by atoms with E-state index < -0.39 is 0 Å². The van der Waals surface area contributed by atoms with Crippen molar-refractivity contribution in [1.29, 1.82) is 0 Å². The Morgan fingerprint density at radius 1 is 1.36 bits per heavy atom. The van der Waals surface area contributed by atoms with E-state index in [0.717, 1.165) is 13.1 Å². The van der Waals surface area contributed by atoms with Crippen LogP contribution in [0, 0.1) is 0 Å². The monoisotopic (exact) mass is 346 g/mol. The van der Waals surface area contributed by atoms with E-state index >= 15 is 0 Å². The summed E-state index contributed by atoms with van der Waals surface area (Å²) in [6.45, 7) is 8.48. The summed E-state index contributed by atoms with van der Waals surface area (Å²) in [6.07, 6.45) is 2.73. The van der Waals surface area contributed by atoms with Crippen molar-refractivity contribution in [2.24, 2.45) is 0 Å². The molecule has 2 unspecified atom stereocenters. The van der Waals surface area contributed by atoms with E-state index in [9.17, 15) is 9.59 Å². The van der Waals surface area contributed by atoms with Crippen LogP contribution in [0.5, 0.6) is 0 Å². The van der Waals surface area contributed by atoms with Crippen LogP contribution >= 0.6 is 0 Å². The third-order valence-corrected chi connectivity index (χ3v) is 4.98. The molecule has 2 atom stereocenters. The summed E-state index contributed by atoms with van der Waals surface area (Å²) in [7, 11) is 0. The quantitative estimate of drug-likeness (QED) is 0.797. The Bertz CT molecular complexity index is 694. The molecule has 0 aliphatic carbocycles. The van der Waals surface area contributed by atoms with Gasteiger partial charge in [-0.3, -0.25) is 4.90 Å². The zero-order chi connectivity index (χ0) is 18.0. The van der Waals surface area contributed by atoms with Crippen LogP contribution in [0.25, 0.3) is 0 Å². The molecule has 3 rings (SSSR count). The highest BCUT2D eigenvalue weighted by atomic mass is 16.5. The van der Waals surface area contributed by atoms with Gasteiger partial charge in [0.1, 0.15) is 0 Å². The largest absolute Gasteiger partial charge is 0.463 e. The Morgan fingerprint density at radius 3 is 2.88 bits per heavy atom. The molecule has 0 spiro atoms. The van der Waals surface area contributed by atoms with Gasteiger partial charge in [0.2, 0.25) is 0 Å². The zero-order valence-corrected chi connectivity index (χ0v) is 15.0. The van der Waals surface area contributed by atoms with E-state index in [4.69, 9.17) is 4.74 Å². The van der Waals surface area contributed by atoms with Gasteiger partial charge in [0, 0.05) is 43.3 Å². The maximum atomic E-state index is 12.5. The molecule has 0 radical (unpaired) electrons. The predicted octanol–water partition coefficient (Wildman–Crippen LogP) is 1.77. The number of nitrogens with zero attached hydrogens (tertiary/aromatic N) is 2. The number of urea groups is 1. The molecule has 25 heavy (non-hydrogen) atoms. The van der Waals surface area contributed by atoms with E-state index in [-0.39, 0.29) is 24.1 Å². The minimum absolute atomic E-state index is 0.214. The summed E-state index contributed by atoms with van der Waals surface area (Å²) in [5.74, 6) is -0.357. The van der Waals surface area contributed by atoms with Crippen LogP contribution in [0.3, 0.4) is 0 Å². The number of esters is 1. The summed E-state index contributed by atoms with van der Waals surface area (Å²) in [6, 6.07) is 3.81. The molecule has 2 aliphatic rings. The summed E-state index contributed by atoms with van der Waals surface area (Å²) in [5, 5.41) is 5.65. The zero-order valence-electron chi connectivity index (χ0n) is 15.0. The molecule has 136 valence electrons. The molecule has 2 N–H and O–H groups in total. The molecular formula is C18H26N4O3. The van der Waals surface area contributed by atoms with Gasteiger partial charge in [0.25, 0.3) is 0 Å². The highest BCUT2D eigenvalue weighted by Crippen LogP contribution is 2.27. The van der Waals surface area contributed by atoms with E-state index in [1.165, 1.54) is 5.69 Å². The van der Waals surface area contributed by atoms with Gasteiger partial charge in [0.05, 0.1) is 18.2 Å². The number of hydrogen-bond donors (Lipinski definition) is 2. The highest BCUT2D eigenvalue weighted by molar-refractivity contribution is 5.94. The summed E-state index contributed by atoms with van der Waals surface area (Å²) in [4.78, 5) is 26.8. The second-order valence-corrected chi connectivity index (χ2v) is 6.44. The molecule has 2 amide bonds. The number of ether oxygens (including phenoxy) is 1. The third kappa shape index (κ3) is 3.42. The first kappa shape index (κ1) is 17.5. The highest BCUT2D eigenvalue weighted by Gasteiger charge is 2.33. The number of amides is 2. The average Bonchev–Trinajstić information content (AvgIpc) is 3.06. The summed E-state index contributed by atoms with van der Waals surface area (Å²) < 4.78 is 7.48. The van der Waals surface area contributed by atoms with Crippen LogP contribution in [0.4, 0.5) is 4.79 Å². The second kappa shape index (κ2) is 7.31. The number of rotatable bonds is 5. The molecule has 7 nitrogen and oxygen atoms in total. The third-order valence-electron chi connectivity index (χ3n) is 4.98. The van der Waals surface area contributed by atoms with Gasteiger partial charge < -0.3 is 19.9 Å². The number of hydrogen-bond acceptors (Lipinski definition) is 4. The molecule has 1 aromatic rings. The van der Waals surface area contributed by atoms with Crippen LogP contribution < -0.4 is 10.6 Å². The minimum Gasteiger partial charge on any atom is -0.463 e. The van der Waals surface area contributed by atoms with E-state index in [0.29, 0.717) is 30.8 Å². The van der Waals surface area contributed by atoms with Gasteiger partial charge in [-0.15, -0.1) is 0 Å². The van der Waals surface area contributed by atoms with Crippen molar-refractivity contribution in [2.75, 3.05) is 19.7 Å². The van der Waals surface area contributed by atoms with Crippen LogP contribution in [0.15, 0.2) is 29.6 Å². The van der Waals surface area contributed by atoms with Crippen molar-refractivity contribution in [3.63, 3.8) is 0 Å². The number of fused-ring (bicyclic) bond motifs is 1. The van der Waals surface area contributed by atoms with Crippen LogP contribution in [-0.4, -0.2) is 47.2 Å². The number of carbonyl (C=O) groups is 2. The first-order valence-electron chi connectivity index (χ1n) is 8.91. The molecule has 0 saturated heterocycles. The first-order chi connectivity index (χ1) is 12.0. The van der Waals surface area contributed by atoms with Gasteiger partial charge >= 0.3 is 12.0 Å². The fraction of sp³-hybridized carbons (Fsp3) is 0.556. The maximum Gasteiger partial charge on any atom is 0.337 e. The maximum absolute atomic E-state index is 12.5. The lowest BCUT2D eigenvalue weighted by Crippen LogP contribution is -2.52. The first-order valence-corrected chi connectivity index (χ1v) is 8.91. The van der Waals surface area contributed by atoms with E-state index in [2.05, 4.69) is 45.4 Å². The van der Waals surface area contributed by atoms with Gasteiger partial charge in [-0.2, -0.15) is 0 Å². The molecule has 0 aromatic carbocycles. The van der Waals surface area contributed by atoms with Crippen molar-refractivity contribution >= 4 is 12.0 Å². The van der Waals surface area contributed by atoms with Crippen LogP contribution in [0.1, 0.15) is 38.9 Å². The molecule has 0 fully saturated rings. The van der Waals surface area contributed by atoms with Crippen molar-refractivity contribution in [1.82, 2.24) is 20.1 Å².